The second-order valence-electron chi connectivity index (χ2n) is 6.71. The van der Waals surface area contributed by atoms with Gasteiger partial charge in [-0.05, 0) is 35.2 Å². The maximum atomic E-state index is 12.4. The second kappa shape index (κ2) is 7.56. The van der Waals surface area contributed by atoms with Crippen LogP contribution in [0.25, 0.3) is 11.1 Å². The SMILES string of the molecule is Cc1nc(NC(=O)OCC2c3ccccc3-c3ccccc32)c(C(=O)O)cc1Cl. The Kier molecular flexibility index (Phi) is 4.94. The van der Waals surface area contributed by atoms with Gasteiger partial charge in [-0.1, -0.05) is 60.1 Å². The second-order valence-corrected chi connectivity index (χ2v) is 7.11. The van der Waals surface area contributed by atoms with E-state index in [-0.39, 0.29) is 28.9 Å². The minimum Gasteiger partial charge on any atom is -0.478 e. The number of aromatic carboxylic acids is 1. The largest absolute Gasteiger partial charge is 0.478 e. The quantitative estimate of drug-likeness (QED) is 0.626. The highest BCUT2D eigenvalue weighted by atomic mass is 35.5. The number of fused-ring (bicyclic) bond motifs is 3. The predicted octanol–water partition coefficient (Wildman–Crippen LogP) is 5.10. The van der Waals surface area contributed by atoms with Gasteiger partial charge in [0.05, 0.1) is 10.7 Å². The third-order valence-corrected chi connectivity index (χ3v) is 5.33. The van der Waals surface area contributed by atoms with Crippen LogP contribution in [0.5, 0.6) is 0 Å². The van der Waals surface area contributed by atoms with Crippen LogP contribution in [-0.4, -0.2) is 28.8 Å². The van der Waals surface area contributed by atoms with Crippen LogP contribution in [0, 0.1) is 6.92 Å². The number of amides is 1. The van der Waals surface area contributed by atoms with Crippen molar-refractivity contribution >= 4 is 29.5 Å². The zero-order valence-electron chi connectivity index (χ0n) is 15.5. The number of ether oxygens (including phenoxy) is 1. The highest BCUT2D eigenvalue weighted by Gasteiger charge is 2.29. The zero-order valence-corrected chi connectivity index (χ0v) is 16.2. The van der Waals surface area contributed by atoms with E-state index in [1.807, 2.05) is 48.5 Å². The first-order valence-corrected chi connectivity index (χ1v) is 9.36. The first-order chi connectivity index (χ1) is 14.0. The number of nitrogens with zero attached hydrogens (tertiary/aromatic N) is 1. The van der Waals surface area contributed by atoms with E-state index < -0.39 is 12.1 Å². The van der Waals surface area contributed by atoms with Crippen LogP contribution in [0.3, 0.4) is 0 Å². The van der Waals surface area contributed by atoms with Gasteiger partial charge < -0.3 is 9.84 Å². The van der Waals surface area contributed by atoms with Crippen molar-refractivity contribution in [1.29, 1.82) is 0 Å². The number of carbonyl (C=O) groups excluding carboxylic acids is 1. The molecule has 6 nitrogen and oxygen atoms in total. The van der Waals surface area contributed by atoms with Crippen LogP contribution < -0.4 is 5.32 Å². The summed E-state index contributed by atoms with van der Waals surface area (Å²) in [4.78, 5) is 27.8. The van der Waals surface area contributed by atoms with Crippen LogP contribution in [0.1, 0.15) is 33.1 Å². The smallest absolute Gasteiger partial charge is 0.412 e. The number of carboxylic acids is 1. The van der Waals surface area contributed by atoms with Gasteiger partial charge in [-0.2, -0.15) is 0 Å². The molecule has 0 radical (unpaired) electrons. The number of hydrogen-bond acceptors (Lipinski definition) is 4. The fourth-order valence-corrected chi connectivity index (χ4v) is 3.72. The number of benzene rings is 2. The van der Waals surface area contributed by atoms with Gasteiger partial charge in [0.15, 0.2) is 0 Å². The van der Waals surface area contributed by atoms with E-state index >= 15 is 0 Å². The fraction of sp³-hybridized carbons (Fsp3) is 0.136. The highest BCUT2D eigenvalue weighted by molar-refractivity contribution is 6.31. The Morgan fingerprint density at radius 1 is 1.10 bits per heavy atom. The lowest BCUT2D eigenvalue weighted by atomic mass is 9.98. The Morgan fingerprint density at radius 3 is 2.28 bits per heavy atom. The number of rotatable bonds is 4. The van der Waals surface area contributed by atoms with Crippen molar-refractivity contribution in [2.75, 3.05) is 11.9 Å². The lowest BCUT2D eigenvalue weighted by Gasteiger charge is -2.15. The summed E-state index contributed by atoms with van der Waals surface area (Å²) in [6.07, 6.45) is -0.774. The van der Waals surface area contributed by atoms with E-state index in [9.17, 15) is 14.7 Å². The first kappa shape index (κ1) is 19.0. The summed E-state index contributed by atoms with van der Waals surface area (Å²) in [5.41, 5.74) is 4.64. The van der Waals surface area contributed by atoms with E-state index in [0.717, 1.165) is 22.3 Å². The van der Waals surface area contributed by atoms with Crippen LogP contribution in [0.2, 0.25) is 5.02 Å². The van der Waals surface area contributed by atoms with Crippen LogP contribution in [0.4, 0.5) is 10.6 Å². The fourth-order valence-electron chi connectivity index (χ4n) is 3.57. The maximum absolute atomic E-state index is 12.4. The summed E-state index contributed by atoms with van der Waals surface area (Å²) in [6, 6.07) is 17.3. The number of pyridine rings is 1. The monoisotopic (exact) mass is 408 g/mol. The summed E-state index contributed by atoms with van der Waals surface area (Å²) in [5, 5.41) is 12.0. The van der Waals surface area contributed by atoms with Crippen molar-refractivity contribution in [2.45, 2.75) is 12.8 Å². The molecule has 0 saturated heterocycles. The molecule has 0 saturated carbocycles. The molecular formula is C22H17ClN2O4. The predicted molar refractivity (Wildman–Crippen MR) is 110 cm³/mol. The van der Waals surface area contributed by atoms with Gasteiger partial charge in [0.25, 0.3) is 0 Å². The molecule has 1 aromatic heterocycles. The Bertz CT molecular complexity index is 1080. The molecular weight excluding hydrogens is 392 g/mol. The molecule has 0 bridgehead atoms. The molecule has 2 N–H and O–H groups in total. The zero-order chi connectivity index (χ0) is 20.5. The Balaban J connectivity index is 1.53. The lowest BCUT2D eigenvalue weighted by molar-refractivity contribution is 0.0697. The third kappa shape index (κ3) is 3.54. The summed E-state index contributed by atoms with van der Waals surface area (Å²) in [6.45, 7) is 1.74. The lowest BCUT2D eigenvalue weighted by Crippen LogP contribution is -2.20. The standard InChI is InChI=1S/C22H17ClN2O4/c1-12-19(23)10-17(21(26)27)20(24-12)25-22(28)29-11-18-15-8-4-2-6-13(15)14-7-3-5-9-16(14)18/h2-10,18H,11H2,1H3,(H,26,27)(H,24,25,28). The van der Waals surface area contributed by atoms with Gasteiger partial charge in [0.1, 0.15) is 18.0 Å². The number of nitrogens with one attached hydrogen (secondary N) is 1. The van der Waals surface area contributed by atoms with Crippen molar-refractivity contribution in [3.8, 4) is 11.1 Å². The molecule has 1 amide bonds. The third-order valence-electron chi connectivity index (χ3n) is 4.95. The van der Waals surface area contributed by atoms with Crippen LogP contribution >= 0.6 is 11.6 Å². The number of aromatic nitrogens is 1. The van der Waals surface area contributed by atoms with E-state index in [4.69, 9.17) is 16.3 Å². The van der Waals surface area contributed by atoms with E-state index in [0.29, 0.717) is 5.69 Å². The molecule has 146 valence electrons. The average Bonchev–Trinajstić information content (AvgIpc) is 3.03. The Labute approximate surface area is 172 Å². The molecule has 0 unspecified atom stereocenters. The van der Waals surface area contributed by atoms with Gasteiger partial charge in [0, 0.05) is 5.92 Å². The van der Waals surface area contributed by atoms with Gasteiger partial charge in [-0.15, -0.1) is 0 Å². The summed E-state index contributed by atoms with van der Waals surface area (Å²) < 4.78 is 5.43. The van der Waals surface area contributed by atoms with E-state index in [2.05, 4.69) is 10.3 Å². The van der Waals surface area contributed by atoms with E-state index in [1.54, 1.807) is 6.92 Å². The van der Waals surface area contributed by atoms with Gasteiger partial charge in [-0.3, -0.25) is 5.32 Å². The number of carbonyl (C=O) groups is 2. The molecule has 1 aliphatic rings. The van der Waals surface area contributed by atoms with Crippen LogP contribution in [-0.2, 0) is 4.74 Å². The normalized spacial score (nSPS) is 12.2. The van der Waals surface area contributed by atoms with Crippen molar-refractivity contribution in [1.82, 2.24) is 4.98 Å². The van der Waals surface area contributed by atoms with Crippen molar-refractivity contribution in [3.63, 3.8) is 0 Å². The van der Waals surface area contributed by atoms with E-state index in [1.165, 1.54) is 6.07 Å². The Morgan fingerprint density at radius 2 is 1.69 bits per heavy atom. The minimum atomic E-state index is -1.24. The van der Waals surface area contributed by atoms with Gasteiger partial charge in [-0.25, -0.2) is 14.6 Å². The molecule has 0 fully saturated rings. The molecule has 4 rings (SSSR count). The molecule has 1 heterocycles. The summed E-state index contributed by atoms with van der Waals surface area (Å²) in [5.74, 6) is -1.43. The molecule has 2 aromatic carbocycles. The topological polar surface area (TPSA) is 88.5 Å². The number of carboxylic acid groups (broad SMARTS) is 1. The molecule has 7 heteroatoms. The molecule has 1 aliphatic carbocycles. The average molecular weight is 409 g/mol. The van der Waals surface area contributed by atoms with Gasteiger partial charge >= 0.3 is 12.1 Å². The molecule has 0 atom stereocenters. The van der Waals surface area contributed by atoms with Crippen LogP contribution in [0.15, 0.2) is 54.6 Å². The molecule has 3 aromatic rings. The number of halogens is 1. The summed E-state index contributed by atoms with van der Waals surface area (Å²) in [7, 11) is 0. The summed E-state index contributed by atoms with van der Waals surface area (Å²) >= 11 is 5.94. The molecule has 0 spiro atoms. The number of aryl methyl sites for hydroxylation is 1. The molecule has 29 heavy (non-hydrogen) atoms. The minimum absolute atomic E-state index is 0.0907. The van der Waals surface area contributed by atoms with Crippen molar-refractivity contribution in [2.24, 2.45) is 0 Å². The maximum Gasteiger partial charge on any atom is 0.412 e. The number of anilines is 1. The van der Waals surface area contributed by atoms with Gasteiger partial charge in [0.2, 0.25) is 0 Å². The number of hydrogen-bond donors (Lipinski definition) is 2. The highest BCUT2D eigenvalue weighted by Crippen LogP contribution is 2.44. The molecule has 0 aliphatic heterocycles. The Hall–Kier alpha value is -3.38. The first-order valence-electron chi connectivity index (χ1n) is 8.98. The van der Waals surface area contributed by atoms with Crippen molar-refractivity contribution < 1.29 is 19.4 Å². The van der Waals surface area contributed by atoms with Crippen molar-refractivity contribution in [3.05, 3.63) is 82.0 Å².